The van der Waals surface area contributed by atoms with E-state index in [1.165, 1.54) is 14.0 Å². The Morgan fingerprint density at radius 3 is 2.25 bits per heavy atom. The van der Waals surface area contributed by atoms with Gasteiger partial charge in [0.15, 0.2) is 0 Å². The van der Waals surface area contributed by atoms with Crippen molar-refractivity contribution < 1.29 is 19.5 Å². The van der Waals surface area contributed by atoms with E-state index in [2.05, 4.69) is 16.0 Å². The van der Waals surface area contributed by atoms with Crippen LogP contribution in [0.4, 0.5) is 0 Å². The zero-order valence-electron chi connectivity index (χ0n) is 16.2. The van der Waals surface area contributed by atoms with Gasteiger partial charge >= 0.3 is 0 Å². The van der Waals surface area contributed by atoms with E-state index < -0.39 is 6.04 Å². The van der Waals surface area contributed by atoms with Crippen LogP contribution in [0.2, 0.25) is 0 Å². The number of carbonyl (C=O) groups is 3. The predicted octanol–water partition coefficient (Wildman–Crippen LogP) is 1.48. The van der Waals surface area contributed by atoms with Crippen LogP contribution in [0.1, 0.15) is 40.9 Å². The van der Waals surface area contributed by atoms with Crippen LogP contribution in [-0.2, 0) is 22.6 Å². The molecule has 0 fully saturated rings. The molecule has 28 heavy (non-hydrogen) atoms. The number of hydrogen-bond acceptors (Lipinski definition) is 4. The van der Waals surface area contributed by atoms with Gasteiger partial charge in [-0.1, -0.05) is 18.2 Å². The molecular formula is C21H25N3O4. The highest BCUT2D eigenvalue weighted by Gasteiger charge is 2.16. The third-order valence-corrected chi connectivity index (χ3v) is 4.19. The van der Waals surface area contributed by atoms with E-state index in [0.717, 1.165) is 16.7 Å². The minimum absolute atomic E-state index is 0.164. The van der Waals surface area contributed by atoms with E-state index in [-0.39, 0.29) is 23.5 Å². The molecular weight excluding hydrogens is 358 g/mol. The second kappa shape index (κ2) is 9.55. The van der Waals surface area contributed by atoms with Crippen LogP contribution in [0.15, 0.2) is 42.5 Å². The molecule has 148 valence electrons. The summed E-state index contributed by atoms with van der Waals surface area (Å²) in [5.74, 6) is -0.630. The van der Waals surface area contributed by atoms with Gasteiger partial charge in [0.25, 0.3) is 5.91 Å². The Morgan fingerprint density at radius 1 is 1.00 bits per heavy atom. The fourth-order valence-electron chi connectivity index (χ4n) is 2.74. The third-order valence-electron chi connectivity index (χ3n) is 4.19. The molecule has 2 aromatic rings. The van der Waals surface area contributed by atoms with Crippen molar-refractivity contribution in [2.24, 2.45) is 0 Å². The average Bonchev–Trinajstić information content (AvgIpc) is 2.67. The van der Waals surface area contributed by atoms with E-state index in [4.69, 9.17) is 0 Å². The van der Waals surface area contributed by atoms with Crippen LogP contribution in [-0.4, -0.2) is 35.9 Å². The van der Waals surface area contributed by atoms with Crippen molar-refractivity contribution in [1.29, 1.82) is 0 Å². The molecule has 2 aromatic carbocycles. The van der Waals surface area contributed by atoms with Crippen LogP contribution >= 0.6 is 0 Å². The van der Waals surface area contributed by atoms with Crippen molar-refractivity contribution >= 4 is 17.7 Å². The highest BCUT2D eigenvalue weighted by molar-refractivity contribution is 5.97. The number of phenolic OH excluding ortho intramolecular Hbond substituents is 1. The number of rotatable bonds is 7. The number of benzene rings is 2. The summed E-state index contributed by atoms with van der Waals surface area (Å²) in [6, 6.07) is 11.5. The zero-order valence-corrected chi connectivity index (χ0v) is 16.2. The normalized spacial score (nSPS) is 11.4. The monoisotopic (exact) mass is 383 g/mol. The van der Waals surface area contributed by atoms with Gasteiger partial charge in [-0.05, 0) is 54.3 Å². The molecule has 0 aliphatic carbocycles. The summed E-state index contributed by atoms with van der Waals surface area (Å²) < 4.78 is 0. The molecule has 0 heterocycles. The van der Waals surface area contributed by atoms with Crippen molar-refractivity contribution in [3.8, 4) is 5.75 Å². The highest BCUT2D eigenvalue weighted by Crippen LogP contribution is 2.17. The van der Waals surface area contributed by atoms with Crippen molar-refractivity contribution in [3.05, 3.63) is 64.7 Å². The SMILES string of the molecule is CNC(=O)[C@H](C)NC(=O)c1cc(CNC(C)=O)cc(Cc2ccc(O)cc2)c1. The molecule has 7 nitrogen and oxygen atoms in total. The van der Waals surface area contributed by atoms with Gasteiger partial charge in [-0.25, -0.2) is 0 Å². The molecule has 1 atom stereocenters. The lowest BCUT2D eigenvalue weighted by molar-refractivity contribution is -0.122. The molecule has 4 N–H and O–H groups in total. The number of phenols is 1. The Labute approximate surface area is 164 Å². The largest absolute Gasteiger partial charge is 0.508 e. The van der Waals surface area contributed by atoms with Gasteiger partial charge in [0.1, 0.15) is 11.8 Å². The van der Waals surface area contributed by atoms with Gasteiger partial charge in [0, 0.05) is 26.1 Å². The number of likely N-dealkylation sites (N-methyl/N-ethyl adjacent to an activating group) is 1. The van der Waals surface area contributed by atoms with Crippen molar-refractivity contribution in [2.75, 3.05) is 7.05 Å². The number of carbonyl (C=O) groups excluding carboxylic acids is 3. The number of nitrogens with one attached hydrogen (secondary N) is 3. The Morgan fingerprint density at radius 2 is 1.64 bits per heavy atom. The summed E-state index contributed by atoms with van der Waals surface area (Å²) in [5.41, 5.74) is 3.04. The lowest BCUT2D eigenvalue weighted by Gasteiger charge is -2.14. The first-order chi connectivity index (χ1) is 13.3. The Hall–Kier alpha value is -3.35. The minimum Gasteiger partial charge on any atom is -0.508 e. The molecule has 0 bridgehead atoms. The quantitative estimate of drug-likeness (QED) is 0.581. The summed E-state index contributed by atoms with van der Waals surface area (Å²) in [4.78, 5) is 35.5. The molecule has 2 rings (SSSR count). The Balaban J connectivity index is 2.28. The van der Waals surface area contributed by atoms with Gasteiger partial charge in [0.2, 0.25) is 11.8 Å². The van der Waals surface area contributed by atoms with Crippen molar-refractivity contribution in [2.45, 2.75) is 32.9 Å². The molecule has 0 aromatic heterocycles. The van der Waals surface area contributed by atoms with Crippen molar-refractivity contribution in [3.63, 3.8) is 0 Å². The maximum atomic E-state index is 12.6. The van der Waals surface area contributed by atoms with Crippen LogP contribution < -0.4 is 16.0 Å². The first-order valence-electron chi connectivity index (χ1n) is 8.96. The summed E-state index contributed by atoms with van der Waals surface area (Å²) in [6.07, 6.45) is 0.555. The molecule has 0 spiro atoms. The standard InChI is InChI=1S/C21H25N3O4/c1-13(20(27)22-3)24-21(28)18-10-16(8-15-4-6-19(26)7-5-15)9-17(11-18)12-23-14(2)25/h4-7,9-11,13,26H,8,12H2,1-3H3,(H,22,27)(H,23,25)(H,24,28)/t13-/m0/s1. The van der Waals surface area contributed by atoms with Crippen LogP contribution in [0.3, 0.4) is 0 Å². The van der Waals surface area contributed by atoms with Gasteiger partial charge < -0.3 is 21.1 Å². The van der Waals surface area contributed by atoms with Gasteiger partial charge in [-0.2, -0.15) is 0 Å². The summed E-state index contributed by atoms with van der Waals surface area (Å²) in [7, 11) is 1.51. The van der Waals surface area contributed by atoms with E-state index >= 15 is 0 Å². The van der Waals surface area contributed by atoms with Gasteiger partial charge in [0.05, 0.1) is 0 Å². The molecule has 3 amide bonds. The Bertz CT molecular complexity index is 862. The van der Waals surface area contributed by atoms with Crippen LogP contribution in [0.25, 0.3) is 0 Å². The average molecular weight is 383 g/mol. The summed E-state index contributed by atoms with van der Waals surface area (Å²) in [5, 5.41) is 17.3. The number of aromatic hydroxyl groups is 1. The lowest BCUT2D eigenvalue weighted by atomic mass is 9.99. The zero-order chi connectivity index (χ0) is 20.7. The smallest absolute Gasteiger partial charge is 0.251 e. The molecule has 0 radical (unpaired) electrons. The lowest BCUT2D eigenvalue weighted by Crippen LogP contribution is -2.43. The summed E-state index contributed by atoms with van der Waals surface area (Å²) >= 11 is 0. The molecule has 0 aliphatic rings. The Kier molecular flexibility index (Phi) is 7.14. The molecule has 0 saturated carbocycles. The second-order valence-corrected chi connectivity index (χ2v) is 6.60. The highest BCUT2D eigenvalue weighted by atomic mass is 16.3. The first kappa shape index (κ1) is 21.0. The van der Waals surface area contributed by atoms with Gasteiger partial charge in [-0.3, -0.25) is 14.4 Å². The molecule has 0 aliphatic heterocycles. The number of hydrogen-bond donors (Lipinski definition) is 4. The molecule has 0 saturated heterocycles. The minimum atomic E-state index is -0.669. The second-order valence-electron chi connectivity index (χ2n) is 6.60. The fourth-order valence-corrected chi connectivity index (χ4v) is 2.74. The maximum absolute atomic E-state index is 12.6. The van der Waals surface area contributed by atoms with E-state index in [0.29, 0.717) is 18.5 Å². The molecule has 7 heteroatoms. The molecule has 0 unspecified atom stereocenters. The van der Waals surface area contributed by atoms with E-state index in [1.54, 1.807) is 31.2 Å². The summed E-state index contributed by atoms with van der Waals surface area (Å²) in [6.45, 7) is 3.33. The fraction of sp³-hybridized carbons (Fsp3) is 0.286. The van der Waals surface area contributed by atoms with E-state index in [9.17, 15) is 19.5 Å². The third kappa shape index (κ3) is 6.12. The maximum Gasteiger partial charge on any atom is 0.251 e. The van der Waals surface area contributed by atoms with Crippen LogP contribution in [0, 0.1) is 0 Å². The van der Waals surface area contributed by atoms with Crippen molar-refractivity contribution in [1.82, 2.24) is 16.0 Å². The first-order valence-corrected chi connectivity index (χ1v) is 8.96. The number of amides is 3. The van der Waals surface area contributed by atoms with E-state index in [1.807, 2.05) is 18.2 Å². The predicted molar refractivity (Wildman–Crippen MR) is 106 cm³/mol. The topological polar surface area (TPSA) is 108 Å². The van der Waals surface area contributed by atoms with Gasteiger partial charge in [-0.15, -0.1) is 0 Å². The van der Waals surface area contributed by atoms with Crippen LogP contribution in [0.5, 0.6) is 5.75 Å².